The first-order chi connectivity index (χ1) is 49.1. The van der Waals surface area contributed by atoms with Crippen molar-refractivity contribution < 1.29 is 78.0 Å². The Morgan fingerprint density at radius 1 is 0.481 bits per heavy atom. The van der Waals surface area contributed by atoms with E-state index in [1.807, 2.05) is 26.2 Å². The Morgan fingerprint density at radius 2 is 0.817 bits per heavy atom. The van der Waals surface area contributed by atoms with Crippen LogP contribution in [0, 0.1) is 13.8 Å². The van der Waals surface area contributed by atoms with E-state index in [2.05, 4.69) is 20.4 Å². The molecule has 0 bridgehead atoms. The number of anilines is 4. The molecule has 2 amide bonds. The van der Waals surface area contributed by atoms with Gasteiger partial charge in [-0.25, -0.2) is 16.8 Å². The molecule has 0 aromatic heterocycles. The van der Waals surface area contributed by atoms with Crippen molar-refractivity contribution in [2.45, 2.75) is 83.7 Å². The summed E-state index contributed by atoms with van der Waals surface area (Å²) < 4.78 is 206. The molecule has 104 heavy (non-hydrogen) atoms. The van der Waals surface area contributed by atoms with Gasteiger partial charge in [-0.05, 0) is 112 Å². The number of nitrogens with one attached hydrogen (secondary N) is 2. The van der Waals surface area contributed by atoms with Crippen molar-refractivity contribution in [3.8, 4) is 11.5 Å². The average Bonchev–Trinajstić information content (AvgIpc) is 1.49. The molecule has 0 aliphatic carbocycles. The molecule has 8 aromatic carbocycles. The van der Waals surface area contributed by atoms with Crippen molar-refractivity contribution in [2.24, 2.45) is 0 Å². The smallest absolute Gasteiger partial charge is 0.374 e. The normalized spacial score (nSPS) is 19.4. The predicted octanol–water partition coefficient (Wildman–Crippen LogP) is 12.0. The molecule has 4 aliphatic rings. The van der Waals surface area contributed by atoms with Crippen molar-refractivity contribution in [1.29, 1.82) is 0 Å². The zero-order chi connectivity index (χ0) is 74.7. The predicted molar refractivity (Wildman–Crippen MR) is 383 cm³/mol. The molecule has 0 saturated carbocycles. The number of likely N-dealkylation sites (tertiary alicyclic amines) is 2. The van der Waals surface area contributed by atoms with Gasteiger partial charge in [-0.3, -0.25) is 19.4 Å². The zero-order valence-corrected chi connectivity index (χ0v) is 60.2. The van der Waals surface area contributed by atoms with Gasteiger partial charge in [0.15, 0.2) is 11.5 Å². The number of rotatable bonds is 23. The maximum atomic E-state index is 16.4. The standard InChI is InChI=1S/C74H72F6N8O12S4/c1-49-31-35-53(36-32-49)101(91,92)85(5)43-39-57(67(89)87(47-51-19-9-7-10-20-51)61-27-13-15-29-63(61)99-103(95,96)73(75,76)77)55-23-17-25-59-65(55)81-69-71(59,41-45-83(69)3)72-42-46-84(4)70(72)82-66-56(24-18-26-60(66)72)58(40-44-86(6)102(93,94)54-37-33-50(2)34-38-54)68(90)88(48-52-21-11-8-12-22-52)62-28-14-16-30-64(62)100-104(97,98)74(78,79)80/h7-40,69-70,81-82H,41-48H2,1-6H3/b57-39-,58-40-/t69-,70+,71?,72?. The number of carbonyl (C=O) groups excluding carboxylic acids is 2. The van der Waals surface area contributed by atoms with E-state index in [9.17, 15) is 60.0 Å². The lowest BCUT2D eigenvalue weighted by Crippen LogP contribution is -2.60. The van der Waals surface area contributed by atoms with E-state index in [0.29, 0.717) is 59.6 Å². The summed E-state index contributed by atoms with van der Waals surface area (Å²) in [6.45, 7) is 2.82. The summed E-state index contributed by atoms with van der Waals surface area (Å²) in [6, 6.07) is 49.1. The first-order valence-corrected chi connectivity index (χ1v) is 38.4. The number of aryl methyl sites for hydroxylation is 2. The van der Waals surface area contributed by atoms with Gasteiger partial charge in [0.25, 0.3) is 11.8 Å². The van der Waals surface area contributed by atoms with Crippen molar-refractivity contribution in [3.05, 3.63) is 251 Å². The minimum absolute atomic E-state index is 0.0640. The lowest BCUT2D eigenvalue weighted by atomic mass is 9.55. The molecule has 30 heteroatoms. The molecule has 2 fully saturated rings. The number of sulfonamides is 2. The number of hydrogen-bond acceptors (Lipinski definition) is 16. The first-order valence-electron chi connectivity index (χ1n) is 32.7. The second kappa shape index (κ2) is 28.2. The maximum absolute atomic E-state index is 16.4. The molecule has 0 radical (unpaired) electrons. The summed E-state index contributed by atoms with van der Waals surface area (Å²) in [5, 5.41) is 7.62. The van der Waals surface area contributed by atoms with Gasteiger partial charge in [0.1, 0.15) is 0 Å². The largest absolute Gasteiger partial charge is 0.534 e. The van der Waals surface area contributed by atoms with E-state index in [1.165, 1.54) is 86.9 Å². The molecule has 4 atom stereocenters. The highest BCUT2D eigenvalue weighted by atomic mass is 32.2. The lowest BCUT2D eigenvalue weighted by molar-refractivity contribution is -0.114. The fourth-order valence-electron chi connectivity index (χ4n) is 14.5. The van der Waals surface area contributed by atoms with Crippen LogP contribution in [0.5, 0.6) is 11.5 Å². The maximum Gasteiger partial charge on any atom is 0.534 e. The molecule has 4 heterocycles. The third-order valence-corrected chi connectivity index (χ3v) is 25.3. The summed E-state index contributed by atoms with van der Waals surface area (Å²) in [7, 11) is -14.8. The summed E-state index contributed by atoms with van der Waals surface area (Å²) in [5.74, 6) is -3.53. The van der Waals surface area contributed by atoms with Gasteiger partial charge in [0.2, 0.25) is 20.0 Å². The van der Waals surface area contributed by atoms with Gasteiger partial charge in [0.05, 0.1) is 46.6 Å². The highest BCUT2D eigenvalue weighted by Crippen LogP contribution is 2.67. The number of carbonyl (C=O) groups is 2. The van der Waals surface area contributed by atoms with Crippen LogP contribution in [0.1, 0.15) is 57.3 Å². The number of amides is 2. The number of para-hydroxylation sites is 6. The summed E-state index contributed by atoms with van der Waals surface area (Å²) in [4.78, 5) is 39.0. The van der Waals surface area contributed by atoms with Crippen LogP contribution in [0.4, 0.5) is 49.1 Å². The Morgan fingerprint density at radius 3 is 1.16 bits per heavy atom. The van der Waals surface area contributed by atoms with Gasteiger partial charge in [0, 0.05) is 84.8 Å². The molecular formula is C74H72F6N8O12S4. The highest BCUT2D eigenvalue weighted by Gasteiger charge is 2.72. The average molecular weight is 1510 g/mol. The Hall–Kier alpha value is -9.40. The third kappa shape index (κ3) is 13.5. The number of fused-ring (bicyclic) bond motifs is 7. The molecule has 546 valence electrons. The minimum Gasteiger partial charge on any atom is -0.374 e. The Bertz CT molecular complexity index is 4850. The van der Waals surface area contributed by atoms with Gasteiger partial charge in [-0.1, -0.05) is 169 Å². The summed E-state index contributed by atoms with van der Waals surface area (Å²) in [6.07, 6.45) is 2.33. The molecule has 2 unspecified atom stereocenters. The number of alkyl halides is 6. The van der Waals surface area contributed by atoms with Crippen molar-refractivity contribution in [2.75, 3.05) is 74.8 Å². The van der Waals surface area contributed by atoms with Crippen LogP contribution in [0.25, 0.3) is 11.1 Å². The second-order valence-corrected chi connectivity index (χ2v) is 33.2. The van der Waals surface area contributed by atoms with Crippen LogP contribution < -0.4 is 28.8 Å². The second-order valence-electron chi connectivity index (χ2n) is 26.0. The molecule has 12 rings (SSSR count). The molecule has 0 spiro atoms. The first kappa shape index (κ1) is 74.3. The highest BCUT2D eigenvalue weighted by molar-refractivity contribution is 7.89. The Kier molecular flexibility index (Phi) is 20.2. The number of likely N-dealkylation sites (N-methyl/N-ethyl adjacent to an activating group) is 4. The van der Waals surface area contributed by atoms with Crippen LogP contribution in [0.15, 0.2) is 216 Å². The Labute approximate surface area is 599 Å². The zero-order valence-electron chi connectivity index (χ0n) is 56.9. The van der Waals surface area contributed by atoms with Crippen LogP contribution >= 0.6 is 0 Å². The molecule has 2 saturated heterocycles. The summed E-state index contributed by atoms with van der Waals surface area (Å²) in [5.41, 5.74) is -9.97. The Balaban J connectivity index is 1.05. The van der Waals surface area contributed by atoms with E-state index >= 15 is 9.59 Å². The summed E-state index contributed by atoms with van der Waals surface area (Å²) >= 11 is 0. The quantitative estimate of drug-likeness (QED) is 0.0262. The van der Waals surface area contributed by atoms with Crippen LogP contribution in [-0.2, 0) is 73.8 Å². The van der Waals surface area contributed by atoms with E-state index in [4.69, 9.17) is 8.37 Å². The van der Waals surface area contributed by atoms with Crippen molar-refractivity contribution in [1.82, 2.24) is 18.4 Å². The van der Waals surface area contributed by atoms with E-state index in [-0.39, 0.29) is 45.2 Å². The number of halogens is 6. The SMILES string of the molecule is Cc1ccc(S(=O)(=O)N(C)C/C=C(\C(=O)N(Cc2ccccc2)c2ccccc2OS(=O)(=O)C(F)(F)F)c2cccc3c2N[C@@H]2N(C)CCC32C23CCN(C)[C@@H]2Nc2c(/C(=C/CN(C)S(=O)(=O)c4ccc(C)cc4)C(=O)N(Cc4ccccc4)c4ccccc4OS(=O)(=O)C(F)(F)F)cccc23)cc1. The van der Waals surface area contributed by atoms with E-state index in [1.54, 1.807) is 123 Å². The van der Waals surface area contributed by atoms with Gasteiger partial charge < -0.3 is 28.8 Å². The fraction of sp³-hybridized carbons (Fsp3) is 0.270. The minimum atomic E-state index is -6.34. The number of benzene rings is 8. The topological polar surface area (TPSA) is 233 Å². The van der Waals surface area contributed by atoms with Crippen molar-refractivity contribution in [3.63, 3.8) is 0 Å². The van der Waals surface area contributed by atoms with Crippen molar-refractivity contribution >= 4 is 86.0 Å². The third-order valence-electron chi connectivity index (χ3n) is 19.7. The van der Waals surface area contributed by atoms with Crippen LogP contribution in [-0.4, -0.2) is 142 Å². The van der Waals surface area contributed by atoms with Crippen LogP contribution in [0.3, 0.4) is 0 Å². The molecule has 8 aromatic rings. The van der Waals surface area contributed by atoms with Gasteiger partial charge in [-0.15, -0.1) is 0 Å². The molecular weight excluding hydrogens is 1440 g/mol. The lowest BCUT2D eigenvalue weighted by Gasteiger charge is -2.48. The van der Waals surface area contributed by atoms with Crippen LogP contribution in [0.2, 0.25) is 0 Å². The molecule has 2 N–H and O–H groups in total. The van der Waals surface area contributed by atoms with E-state index in [0.717, 1.165) is 41.7 Å². The number of hydrogen-bond donors (Lipinski definition) is 2. The molecule has 4 aliphatic heterocycles. The van der Waals surface area contributed by atoms with E-state index < -0.39 is 122 Å². The molecule has 20 nitrogen and oxygen atoms in total. The monoisotopic (exact) mass is 1510 g/mol. The number of nitrogens with zero attached hydrogens (tertiary/aromatic N) is 6. The fourth-order valence-corrected chi connectivity index (χ4v) is 17.7. The van der Waals surface area contributed by atoms with Gasteiger partial charge in [-0.2, -0.15) is 51.8 Å². The van der Waals surface area contributed by atoms with Gasteiger partial charge >= 0.3 is 31.3 Å².